The zero-order valence-electron chi connectivity index (χ0n) is 21.3. The lowest BCUT2D eigenvalue weighted by molar-refractivity contribution is 0.0144. The summed E-state index contributed by atoms with van der Waals surface area (Å²) in [7, 11) is 0. The molecule has 1 N–H and O–H groups in total. The molecule has 4 aromatic rings. The van der Waals surface area contributed by atoms with E-state index in [0.717, 1.165) is 49.8 Å². The van der Waals surface area contributed by atoms with Crippen molar-refractivity contribution in [3.63, 3.8) is 0 Å². The van der Waals surface area contributed by atoms with Crippen LogP contribution in [0.15, 0.2) is 45.4 Å². The number of piperidine rings is 1. The van der Waals surface area contributed by atoms with Crippen LogP contribution in [-0.4, -0.2) is 49.5 Å². The molecule has 1 aliphatic carbocycles. The zero-order valence-corrected chi connectivity index (χ0v) is 22.8. The number of hydrogen-bond donors (Lipinski definition) is 1. The molecule has 5 heterocycles. The molecule has 2 atom stereocenters. The fourth-order valence-electron chi connectivity index (χ4n) is 5.94. The normalized spacial score (nSPS) is 22.1. The van der Waals surface area contributed by atoms with Crippen molar-refractivity contribution in [1.82, 2.24) is 20.3 Å². The molecule has 10 nitrogen and oxygen atoms in total. The lowest BCUT2D eigenvalue weighted by Gasteiger charge is -2.37. The number of hydrogen-bond acceptors (Lipinski definition) is 9. The Labute approximate surface area is 239 Å². The Bertz CT molecular complexity index is 1550. The van der Waals surface area contributed by atoms with Crippen LogP contribution in [0.25, 0.3) is 22.8 Å². The van der Waals surface area contributed by atoms with E-state index in [2.05, 4.69) is 25.2 Å². The third-order valence-corrected chi connectivity index (χ3v) is 8.58. The molecule has 2 aliphatic heterocycles. The number of aromatic carboxylic acids is 1. The van der Waals surface area contributed by atoms with Gasteiger partial charge in [-0.25, -0.2) is 9.78 Å². The number of benzene rings is 1. The Kier molecular flexibility index (Phi) is 6.48. The molecular formula is C28H25Cl2N5O5. The van der Waals surface area contributed by atoms with E-state index in [1.165, 1.54) is 6.07 Å². The number of halogens is 2. The van der Waals surface area contributed by atoms with Crippen molar-refractivity contribution in [3.05, 3.63) is 63.5 Å². The van der Waals surface area contributed by atoms with Crippen molar-refractivity contribution in [3.8, 4) is 22.8 Å². The SMILES string of the molecule is O=C(O)c1cccc(-c2nc(N3C4CCC3CC(OCc3c(-c5c(Cl)cccc5Cl)noc3C3CC3)C4)no2)n1. The van der Waals surface area contributed by atoms with Gasteiger partial charge in [0.25, 0.3) is 11.8 Å². The van der Waals surface area contributed by atoms with Crippen LogP contribution >= 0.6 is 23.2 Å². The van der Waals surface area contributed by atoms with Crippen LogP contribution in [0.5, 0.6) is 0 Å². The summed E-state index contributed by atoms with van der Waals surface area (Å²) in [5.41, 5.74) is 2.50. The van der Waals surface area contributed by atoms with Crippen LogP contribution < -0.4 is 4.90 Å². The van der Waals surface area contributed by atoms with Gasteiger partial charge in [0.05, 0.1) is 22.8 Å². The highest BCUT2D eigenvalue weighted by Gasteiger charge is 2.44. The average Bonchev–Trinajstić information content (AvgIpc) is 3.41. The van der Waals surface area contributed by atoms with Crippen LogP contribution in [0.2, 0.25) is 10.0 Å². The Morgan fingerprint density at radius 1 is 0.975 bits per heavy atom. The summed E-state index contributed by atoms with van der Waals surface area (Å²) in [5.74, 6) is 0.804. The van der Waals surface area contributed by atoms with Gasteiger partial charge in [0.15, 0.2) is 0 Å². The molecule has 3 aliphatic rings. The van der Waals surface area contributed by atoms with Gasteiger partial charge in [0.1, 0.15) is 22.8 Å². The number of ether oxygens (including phenoxy) is 1. The summed E-state index contributed by atoms with van der Waals surface area (Å²) in [6, 6.07) is 10.5. The van der Waals surface area contributed by atoms with E-state index in [0.29, 0.717) is 45.5 Å². The second kappa shape index (κ2) is 10.2. The molecule has 2 unspecified atom stereocenters. The van der Waals surface area contributed by atoms with Crippen LogP contribution in [0.4, 0.5) is 5.95 Å². The van der Waals surface area contributed by atoms with Crippen molar-refractivity contribution in [2.24, 2.45) is 0 Å². The Morgan fingerprint density at radius 2 is 1.70 bits per heavy atom. The highest BCUT2D eigenvalue weighted by Crippen LogP contribution is 2.47. The van der Waals surface area contributed by atoms with Gasteiger partial charge in [-0.2, -0.15) is 4.98 Å². The topological polar surface area (TPSA) is 128 Å². The van der Waals surface area contributed by atoms with Crippen LogP contribution in [0.1, 0.15) is 66.3 Å². The molecule has 2 saturated heterocycles. The third-order valence-electron chi connectivity index (χ3n) is 7.95. The number of aromatic nitrogens is 4. The predicted molar refractivity (Wildman–Crippen MR) is 146 cm³/mol. The van der Waals surface area contributed by atoms with Gasteiger partial charge >= 0.3 is 5.97 Å². The van der Waals surface area contributed by atoms with Crippen molar-refractivity contribution in [2.45, 2.75) is 69.2 Å². The van der Waals surface area contributed by atoms with E-state index < -0.39 is 5.97 Å². The van der Waals surface area contributed by atoms with Crippen molar-refractivity contribution >= 4 is 35.1 Å². The summed E-state index contributed by atoms with van der Waals surface area (Å²) in [6.07, 6.45) is 5.83. The second-order valence-electron chi connectivity index (χ2n) is 10.6. The fourth-order valence-corrected chi connectivity index (χ4v) is 6.51. The maximum absolute atomic E-state index is 11.3. The summed E-state index contributed by atoms with van der Waals surface area (Å²) in [5, 5.41) is 18.9. The van der Waals surface area contributed by atoms with Gasteiger partial charge in [0.2, 0.25) is 0 Å². The maximum atomic E-state index is 11.3. The van der Waals surface area contributed by atoms with E-state index in [4.69, 9.17) is 37.0 Å². The first-order valence-electron chi connectivity index (χ1n) is 13.3. The third kappa shape index (κ3) is 4.63. The smallest absolute Gasteiger partial charge is 0.354 e. The van der Waals surface area contributed by atoms with Gasteiger partial charge in [-0.3, -0.25) is 0 Å². The summed E-state index contributed by atoms with van der Waals surface area (Å²) in [6.45, 7) is 0.369. The highest BCUT2D eigenvalue weighted by molar-refractivity contribution is 6.39. The molecule has 0 amide bonds. The van der Waals surface area contributed by atoms with Crippen LogP contribution in [-0.2, 0) is 11.3 Å². The van der Waals surface area contributed by atoms with Gasteiger partial charge in [0, 0.05) is 29.1 Å². The number of carboxylic acids is 1. The quantitative estimate of drug-likeness (QED) is 0.250. The summed E-state index contributed by atoms with van der Waals surface area (Å²) >= 11 is 13.0. The van der Waals surface area contributed by atoms with Crippen LogP contribution in [0, 0.1) is 0 Å². The fraction of sp³-hybridized carbons (Fsp3) is 0.393. The van der Waals surface area contributed by atoms with Gasteiger partial charge in [-0.05, 0) is 67.9 Å². The number of rotatable bonds is 8. The monoisotopic (exact) mass is 581 g/mol. The van der Waals surface area contributed by atoms with E-state index in [9.17, 15) is 9.90 Å². The minimum atomic E-state index is -1.11. The first kappa shape index (κ1) is 25.5. The number of carbonyl (C=O) groups is 1. The summed E-state index contributed by atoms with van der Waals surface area (Å²) < 4.78 is 17.8. The number of pyridine rings is 1. The molecule has 3 fully saturated rings. The van der Waals surface area contributed by atoms with Gasteiger partial charge < -0.3 is 23.8 Å². The average molecular weight is 582 g/mol. The molecule has 2 bridgehead atoms. The van der Waals surface area contributed by atoms with Crippen molar-refractivity contribution in [2.75, 3.05) is 4.90 Å². The molecule has 7 rings (SSSR count). The van der Waals surface area contributed by atoms with Crippen LogP contribution in [0.3, 0.4) is 0 Å². The van der Waals surface area contributed by atoms with Crippen molar-refractivity contribution < 1.29 is 23.7 Å². The molecule has 3 aromatic heterocycles. The molecular weight excluding hydrogens is 557 g/mol. The first-order valence-corrected chi connectivity index (χ1v) is 14.1. The molecule has 1 aromatic carbocycles. The number of nitrogens with zero attached hydrogens (tertiary/aromatic N) is 5. The highest BCUT2D eigenvalue weighted by atomic mass is 35.5. The Balaban J connectivity index is 1.07. The summed E-state index contributed by atoms with van der Waals surface area (Å²) in [4.78, 5) is 22.2. The molecule has 206 valence electrons. The Morgan fingerprint density at radius 3 is 2.40 bits per heavy atom. The number of carboxylic acid groups (broad SMARTS) is 1. The standard InChI is InChI=1S/C28H25Cl2N5O5/c29-19-3-1-4-20(30)23(19)24-18(25(39-33-24)14-7-8-14)13-38-17-11-15-9-10-16(12-17)35(15)28-32-26(40-34-28)21-5-2-6-22(31-21)27(36)37/h1-6,14-17H,7-13H2,(H,36,37). The molecule has 0 spiro atoms. The minimum absolute atomic E-state index is 0.0468. The molecule has 0 radical (unpaired) electrons. The molecule has 40 heavy (non-hydrogen) atoms. The number of fused-ring (bicyclic) bond motifs is 2. The van der Waals surface area contributed by atoms with Gasteiger partial charge in [-0.15, -0.1) is 0 Å². The largest absolute Gasteiger partial charge is 0.477 e. The second-order valence-corrected chi connectivity index (χ2v) is 11.4. The number of anilines is 1. The predicted octanol–water partition coefficient (Wildman–Crippen LogP) is 6.39. The Hall–Kier alpha value is -3.47. The molecule has 1 saturated carbocycles. The van der Waals surface area contributed by atoms with E-state index >= 15 is 0 Å². The zero-order chi connectivity index (χ0) is 27.4. The first-order chi connectivity index (χ1) is 19.5. The van der Waals surface area contributed by atoms with Crippen molar-refractivity contribution in [1.29, 1.82) is 0 Å². The minimum Gasteiger partial charge on any atom is -0.477 e. The maximum Gasteiger partial charge on any atom is 0.354 e. The van der Waals surface area contributed by atoms with E-state index in [1.54, 1.807) is 24.3 Å². The molecule has 12 heteroatoms. The van der Waals surface area contributed by atoms with E-state index in [-0.39, 0.29) is 29.8 Å². The van der Waals surface area contributed by atoms with Gasteiger partial charge in [-0.1, -0.05) is 40.5 Å². The lowest BCUT2D eigenvalue weighted by atomic mass is 9.99. The van der Waals surface area contributed by atoms with E-state index in [1.807, 2.05) is 6.07 Å². The lowest BCUT2D eigenvalue weighted by Crippen LogP contribution is -2.46.